The molecular formula is C13H23N5O. The number of carbonyl (C=O) groups is 1. The summed E-state index contributed by atoms with van der Waals surface area (Å²) in [6.45, 7) is 11.8. The summed E-state index contributed by atoms with van der Waals surface area (Å²) in [5, 5.41) is 10.3. The van der Waals surface area contributed by atoms with Crippen molar-refractivity contribution in [1.29, 1.82) is 0 Å². The van der Waals surface area contributed by atoms with Crippen LogP contribution in [0.15, 0.2) is 0 Å². The number of hydrogen-bond donors (Lipinski definition) is 2. The lowest BCUT2D eigenvalue weighted by atomic mass is 9.96. The number of aromatic nitrogens is 3. The van der Waals surface area contributed by atoms with Gasteiger partial charge in [0.25, 0.3) is 5.91 Å². The highest BCUT2D eigenvalue weighted by molar-refractivity contribution is 5.91. The molecule has 1 aliphatic rings. The van der Waals surface area contributed by atoms with Gasteiger partial charge in [-0.1, -0.05) is 20.8 Å². The Labute approximate surface area is 114 Å². The van der Waals surface area contributed by atoms with Crippen molar-refractivity contribution in [3.63, 3.8) is 0 Å². The molecular weight excluding hydrogens is 242 g/mol. The highest BCUT2D eigenvalue weighted by Crippen LogP contribution is 2.19. The van der Waals surface area contributed by atoms with Crippen LogP contribution in [-0.4, -0.2) is 51.2 Å². The number of nitrogens with one attached hydrogen (secondary N) is 2. The van der Waals surface area contributed by atoms with Crippen molar-refractivity contribution in [2.75, 3.05) is 13.1 Å². The van der Waals surface area contributed by atoms with E-state index in [1.807, 2.05) is 39.5 Å². The molecule has 1 aromatic rings. The minimum Gasteiger partial charge on any atom is -0.328 e. The van der Waals surface area contributed by atoms with Gasteiger partial charge in [-0.3, -0.25) is 9.89 Å². The Hall–Kier alpha value is -1.43. The summed E-state index contributed by atoms with van der Waals surface area (Å²) in [6, 6.07) is 0.320. The second-order valence-corrected chi connectivity index (χ2v) is 6.33. The molecule has 106 valence electrons. The number of H-pyrrole nitrogens is 1. The maximum atomic E-state index is 12.5. The smallest absolute Gasteiger partial charge is 0.294 e. The highest BCUT2D eigenvalue weighted by Gasteiger charge is 2.32. The Bertz CT molecular complexity index is 452. The summed E-state index contributed by atoms with van der Waals surface area (Å²) in [7, 11) is 0. The van der Waals surface area contributed by atoms with E-state index in [-0.39, 0.29) is 29.2 Å². The Morgan fingerprint density at radius 2 is 1.84 bits per heavy atom. The van der Waals surface area contributed by atoms with E-state index in [0.717, 1.165) is 18.9 Å². The number of amides is 1. The number of hydrogen-bond acceptors (Lipinski definition) is 4. The number of carbonyl (C=O) groups excluding carboxylic acids is 1. The Morgan fingerprint density at radius 1 is 1.26 bits per heavy atom. The van der Waals surface area contributed by atoms with Crippen molar-refractivity contribution in [2.24, 2.45) is 0 Å². The van der Waals surface area contributed by atoms with Gasteiger partial charge in [0, 0.05) is 30.6 Å². The second kappa shape index (κ2) is 4.92. The van der Waals surface area contributed by atoms with Crippen LogP contribution in [0.1, 0.15) is 51.1 Å². The van der Waals surface area contributed by atoms with E-state index in [9.17, 15) is 4.79 Å². The van der Waals surface area contributed by atoms with Crippen molar-refractivity contribution >= 4 is 5.91 Å². The molecule has 1 saturated heterocycles. The third kappa shape index (κ3) is 2.78. The van der Waals surface area contributed by atoms with Crippen molar-refractivity contribution in [2.45, 2.75) is 52.1 Å². The molecule has 1 aliphatic heterocycles. The van der Waals surface area contributed by atoms with Crippen LogP contribution in [0.4, 0.5) is 0 Å². The van der Waals surface area contributed by atoms with Crippen LogP contribution in [0.2, 0.25) is 0 Å². The molecule has 0 aliphatic carbocycles. The van der Waals surface area contributed by atoms with Crippen LogP contribution in [-0.2, 0) is 5.41 Å². The predicted octanol–water partition coefficient (Wildman–Crippen LogP) is 0.925. The molecule has 0 radical (unpaired) electrons. The molecule has 1 fully saturated rings. The highest BCUT2D eigenvalue weighted by atomic mass is 16.2. The number of piperazine rings is 1. The molecule has 19 heavy (non-hydrogen) atoms. The van der Waals surface area contributed by atoms with E-state index in [2.05, 4.69) is 20.5 Å². The molecule has 2 heterocycles. The van der Waals surface area contributed by atoms with E-state index < -0.39 is 0 Å². The molecule has 1 amide bonds. The molecule has 2 rings (SSSR count). The predicted molar refractivity (Wildman–Crippen MR) is 73.0 cm³/mol. The van der Waals surface area contributed by atoms with Gasteiger partial charge < -0.3 is 10.2 Å². The first-order valence-corrected chi connectivity index (χ1v) is 6.77. The number of nitrogens with zero attached hydrogens (tertiary/aromatic N) is 3. The van der Waals surface area contributed by atoms with E-state index >= 15 is 0 Å². The maximum absolute atomic E-state index is 12.5. The van der Waals surface area contributed by atoms with Gasteiger partial charge in [-0.25, -0.2) is 4.98 Å². The standard InChI is InChI=1S/C13H23N5O/c1-8-6-14-7-9(2)18(8)11(19)10-15-12(17-16-10)13(3,4)5/h8-9,14H,6-7H2,1-5H3,(H,15,16,17). The monoisotopic (exact) mass is 265 g/mol. The molecule has 2 unspecified atom stereocenters. The van der Waals surface area contributed by atoms with Crippen LogP contribution in [0.5, 0.6) is 0 Å². The van der Waals surface area contributed by atoms with Crippen LogP contribution in [0.25, 0.3) is 0 Å². The first-order chi connectivity index (χ1) is 8.80. The Balaban J connectivity index is 2.21. The molecule has 6 heteroatoms. The first kappa shape index (κ1) is 14.0. The lowest BCUT2D eigenvalue weighted by Crippen LogP contribution is -2.57. The number of rotatable bonds is 1. The average Bonchev–Trinajstić information content (AvgIpc) is 2.77. The maximum Gasteiger partial charge on any atom is 0.294 e. The summed E-state index contributed by atoms with van der Waals surface area (Å²) >= 11 is 0. The fraction of sp³-hybridized carbons (Fsp3) is 0.769. The summed E-state index contributed by atoms with van der Waals surface area (Å²) in [4.78, 5) is 18.7. The fourth-order valence-corrected chi connectivity index (χ4v) is 2.34. The average molecular weight is 265 g/mol. The summed E-state index contributed by atoms with van der Waals surface area (Å²) in [6.07, 6.45) is 0. The lowest BCUT2D eigenvalue weighted by Gasteiger charge is -2.38. The van der Waals surface area contributed by atoms with Gasteiger partial charge in [-0.05, 0) is 13.8 Å². The zero-order chi connectivity index (χ0) is 14.2. The van der Waals surface area contributed by atoms with E-state index in [1.165, 1.54) is 0 Å². The number of aromatic amines is 1. The zero-order valence-electron chi connectivity index (χ0n) is 12.3. The van der Waals surface area contributed by atoms with Gasteiger partial charge in [-0.2, -0.15) is 0 Å². The SMILES string of the molecule is CC1CNCC(C)N1C(=O)c1n[nH]c(C(C)(C)C)n1. The third-order valence-electron chi connectivity index (χ3n) is 3.45. The van der Waals surface area contributed by atoms with E-state index in [0.29, 0.717) is 0 Å². The largest absolute Gasteiger partial charge is 0.328 e. The molecule has 1 aromatic heterocycles. The van der Waals surface area contributed by atoms with Crippen molar-refractivity contribution in [3.8, 4) is 0 Å². The first-order valence-electron chi connectivity index (χ1n) is 6.77. The van der Waals surface area contributed by atoms with Crippen LogP contribution in [0, 0.1) is 0 Å². The van der Waals surface area contributed by atoms with Crippen molar-refractivity contribution < 1.29 is 4.79 Å². The molecule has 2 atom stereocenters. The molecule has 0 saturated carbocycles. The third-order valence-corrected chi connectivity index (χ3v) is 3.45. The topological polar surface area (TPSA) is 73.9 Å². The Kier molecular flexibility index (Phi) is 3.62. The second-order valence-electron chi connectivity index (χ2n) is 6.33. The fourth-order valence-electron chi connectivity index (χ4n) is 2.34. The van der Waals surface area contributed by atoms with Gasteiger partial charge in [-0.15, -0.1) is 5.10 Å². The van der Waals surface area contributed by atoms with Gasteiger partial charge in [0.15, 0.2) is 0 Å². The summed E-state index contributed by atoms with van der Waals surface area (Å²) in [5.41, 5.74) is -0.133. The van der Waals surface area contributed by atoms with E-state index in [1.54, 1.807) is 0 Å². The van der Waals surface area contributed by atoms with Crippen LogP contribution in [0.3, 0.4) is 0 Å². The van der Waals surface area contributed by atoms with Crippen LogP contribution >= 0.6 is 0 Å². The molecule has 6 nitrogen and oxygen atoms in total. The molecule has 0 spiro atoms. The minimum atomic E-state index is -0.133. The molecule has 0 bridgehead atoms. The van der Waals surface area contributed by atoms with Gasteiger partial charge in [0.2, 0.25) is 5.82 Å². The van der Waals surface area contributed by atoms with Gasteiger partial charge in [0.1, 0.15) is 5.82 Å². The summed E-state index contributed by atoms with van der Waals surface area (Å²) < 4.78 is 0. The lowest BCUT2D eigenvalue weighted by molar-refractivity contribution is 0.0532. The Morgan fingerprint density at radius 3 is 2.32 bits per heavy atom. The van der Waals surface area contributed by atoms with Gasteiger partial charge in [0.05, 0.1) is 0 Å². The van der Waals surface area contributed by atoms with Crippen molar-refractivity contribution in [1.82, 2.24) is 25.4 Å². The van der Waals surface area contributed by atoms with Crippen LogP contribution < -0.4 is 5.32 Å². The summed E-state index contributed by atoms with van der Waals surface area (Å²) in [5.74, 6) is 0.921. The molecule has 2 N–H and O–H groups in total. The van der Waals surface area contributed by atoms with Gasteiger partial charge >= 0.3 is 0 Å². The zero-order valence-corrected chi connectivity index (χ0v) is 12.3. The van der Waals surface area contributed by atoms with Crippen molar-refractivity contribution in [3.05, 3.63) is 11.6 Å². The van der Waals surface area contributed by atoms with E-state index in [4.69, 9.17) is 0 Å². The molecule has 0 aromatic carbocycles. The normalized spacial score (nSPS) is 24.6. The quantitative estimate of drug-likeness (QED) is 0.792. The minimum absolute atomic E-state index is 0.0896.